The maximum absolute atomic E-state index is 6.75. The molecule has 1 unspecified atom stereocenters. The molecule has 0 radical (unpaired) electrons. The van der Waals surface area contributed by atoms with Gasteiger partial charge in [0.15, 0.2) is 0 Å². The molecule has 6 rings (SSSR count). The van der Waals surface area contributed by atoms with E-state index in [-0.39, 0.29) is 0 Å². The molecule has 1 aromatic carbocycles. The predicted octanol–water partition coefficient (Wildman–Crippen LogP) is 3.09. The smallest absolute Gasteiger partial charge is 0.213 e. The zero-order chi connectivity index (χ0) is 22.4. The highest BCUT2D eigenvalue weighted by atomic mass is 32.1. The molecule has 1 fully saturated rings. The molecule has 0 saturated carbocycles. The van der Waals surface area contributed by atoms with E-state index in [1.165, 1.54) is 0 Å². The van der Waals surface area contributed by atoms with E-state index in [1.807, 2.05) is 36.5 Å². The Kier molecular flexibility index (Phi) is 4.75. The second-order valence-corrected chi connectivity index (χ2v) is 9.04. The van der Waals surface area contributed by atoms with Crippen molar-refractivity contribution in [2.75, 3.05) is 36.5 Å². The van der Waals surface area contributed by atoms with E-state index >= 15 is 0 Å². The first-order chi connectivity index (χ1) is 16.1. The Labute approximate surface area is 194 Å². The van der Waals surface area contributed by atoms with Crippen LogP contribution in [0.2, 0.25) is 0 Å². The molecule has 1 saturated heterocycles. The molecule has 5 N–H and O–H groups in total. The van der Waals surface area contributed by atoms with Crippen LogP contribution in [0.15, 0.2) is 65.2 Å². The van der Waals surface area contributed by atoms with Crippen LogP contribution in [-0.2, 0) is 10.5 Å². The average molecular weight is 458 g/mol. The number of morpholine rings is 1. The Morgan fingerprint density at radius 2 is 1.91 bits per heavy atom. The van der Waals surface area contributed by atoms with E-state index in [1.54, 1.807) is 17.5 Å². The summed E-state index contributed by atoms with van der Waals surface area (Å²) in [5, 5.41) is 6.58. The number of nitrogens with one attached hydrogen (secondary N) is 1. The highest BCUT2D eigenvalue weighted by molar-refractivity contribution is 7.13. The van der Waals surface area contributed by atoms with Gasteiger partial charge in [-0.05, 0) is 24.3 Å². The Morgan fingerprint density at radius 1 is 1.06 bits per heavy atom. The number of fused-ring (bicyclic) bond motifs is 2. The summed E-state index contributed by atoms with van der Waals surface area (Å²) in [6.45, 7) is 3.07. The summed E-state index contributed by atoms with van der Waals surface area (Å²) in [6, 6.07) is 14.1. The van der Waals surface area contributed by atoms with Gasteiger partial charge in [-0.25, -0.2) is 9.98 Å². The second-order valence-electron chi connectivity index (χ2n) is 8.16. The third-order valence-corrected chi connectivity index (χ3v) is 7.06. The van der Waals surface area contributed by atoms with Crippen LogP contribution in [0.4, 0.5) is 11.5 Å². The minimum atomic E-state index is -1.21. The minimum absolute atomic E-state index is 0.411. The third kappa shape index (κ3) is 3.50. The molecule has 0 amide bonds. The summed E-state index contributed by atoms with van der Waals surface area (Å²) in [7, 11) is 0. The van der Waals surface area contributed by atoms with Gasteiger partial charge in [-0.3, -0.25) is 10.7 Å². The van der Waals surface area contributed by atoms with Crippen LogP contribution in [0.3, 0.4) is 0 Å². The summed E-state index contributed by atoms with van der Waals surface area (Å²) in [4.78, 5) is 16.9. The standard InChI is InChI=1S/C24H23N7OS/c25-23-22-21(18(14-33-22)16-11-15-3-1-2-4-19(15)27-12-16)29-24(26,30-23)17-5-6-20(28-13-17)31-7-9-32-10-8-31/h1-6,11-14,29H,7-10,26H2,(H2,25,30). The fourth-order valence-corrected chi connectivity index (χ4v) is 5.22. The molecule has 2 aliphatic rings. The van der Waals surface area contributed by atoms with Gasteiger partial charge >= 0.3 is 0 Å². The maximum Gasteiger partial charge on any atom is 0.213 e. The fraction of sp³-hybridized carbons (Fsp3) is 0.208. The van der Waals surface area contributed by atoms with Gasteiger partial charge in [-0.15, -0.1) is 11.3 Å². The van der Waals surface area contributed by atoms with Crippen LogP contribution >= 0.6 is 11.3 Å². The predicted molar refractivity (Wildman–Crippen MR) is 133 cm³/mol. The van der Waals surface area contributed by atoms with Crippen LogP contribution in [0, 0.1) is 0 Å². The number of anilines is 2. The van der Waals surface area contributed by atoms with Crippen molar-refractivity contribution in [3.8, 4) is 11.1 Å². The van der Waals surface area contributed by atoms with E-state index in [2.05, 4.69) is 42.7 Å². The molecule has 33 heavy (non-hydrogen) atoms. The van der Waals surface area contributed by atoms with E-state index < -0.39 is 5.79 Å². The normalized spacial score (nSPS) is 20.3. The van der Waals surface area contributed by atoms with Crippen molar-refractivity contribution in [2.45, 2.75) is 5.79 Å². The number of para-hydroxylation sites is 1. The van der Waals surface area contributed by atoms with E-state index in [9.17, 15) is 0 Å². The van der Waals surface area contributed by atoms with Gasteiger partial charge in [0.1, 0.15) is 11.7 Å². The van der Waals surface area contributed by atoms with Crippen molar-refractivity contribution in [3.05, 3.63) is 70.7 Å². The van der Waals surface area contributed by atoms with Crippen LogP contribution in [0.1, 0.15) is 10.4 Å². The summed E-state index contributed by atoms with van der Waals surface area (Å²) < 4.78 is 5.43. The number of rotatable bonds is 3. The molecule has 1 atom stereocenters. The van der Waals surface area contributed by atoms with Gasteiger partial charge in [0.25, 0.3) is 0 Å². The number of pyridine rings is 2. The number of nitrogens with zero attached hydrogens (tertiary/aromatic N) is 4. The number of aliphatic imine (C=N–C) groups is 1. The molecule has 166 valence electrons. The van der Waals surface area contributed by atoms with Crippen molar-refractivity contribution in [1.29, 1.82) is 0 Å². The quantitative estimate of drug-likeness (QED) is 0.433. The van der Waals surface area contributed by atoms with Crippen LogP contribution in [0.5, 0.6) is 0 Å². The first-order valence-corrected chi connectivity index (χ1v) is 11.7. The summed E-state index contributed by atoms with van der Waals surface area (Å²) in [5.41, 5.74) is 17.7. The van der Waals surface area contributed by atoms with Gasteiger partial charge in [-0.2, -0.15) is 0 Å². The van der Waals surface area contributed by atoms with Crippen molar-refractivity contribution < 1.29 is 4.74 Å². The van der Waals surface area contributed by atoms with Gasteiger partial charge < -0.3 is 20.7 Å². The van der Waals surface area contributed by atoms with Gasteiger partial charge in [0.2, 0.25) is 5.79 Å². The Hall–Kier alpha value is -3.53. The molecular formula is C24H23N7OS. The molecule has 2 aliphatic heterocycles. The van der Waals surface area contributed by atoms with Gasteiger partial charge in [-0.1, -0.05) is 18.2 Å². The SMILES string of the molecule is NC1=NC(N)(c2ccc(N3CCOCC3)nc2)Nc2c(-c3cnc4ccccc4c3)csc21. The van der Waals surface area contributed by atoms with Crippen molar-refractivity contribution in [1.82, 2.24) is 9.97 Å². The number of hydrogen-bond donors (Lipinski definition) is 3. The maximum atomic E-state index is 6.75. The average Bonchev–Trinajstić information content (AvgIpc) is 3.28. The Balaban J connectivity index is 1.35. The number of ether oxygens (including phenoxy) is 1. The highest BCUT2D eigenvalue weighted by Crippen LogP contribution is 2.42. The van der Waals surface area contributed by atoms with E-state index in [4.69, 9.17) is 16.2 Å². The number of thiophene rings is 1. The largest absolute Gasteiger partial charge is 0.383 e. The van der Waals surface area contributed by atoms with Crippen molar-refractivity contribution in [2.24, 2.45) is 16.5 Å². The lowest BCUT2D eigenvalue weighted by Crippen LogP contribution is -2.47. The summed E-state index contributed by atoms with van der Waals surface area (Å²) in [6.07, 6.45) is 3.65. The summed E-state index contributed by atoms with van der Waals surface area (Å²) in [5.74, 6) is 0.0966. The Bertz CT molecular complexity index is 1360. The number of benzene rings is 1. The molecular weight excluding hydrogens is 434 g/mol. The molecule has 5 heterocycles. The monoisotopic (exact) mass is 457 g/mol. The molecule has 0 aliphatic carbocycles. The van der Waals surface area contributed by atoms with Crippen LogP contribution in [0.25, 0.3) is 22.0 Å². The van der Waals surface area contributed by atoms with Crippen LogP contribution in [-0.4, -0.2) is 42.1 Å². The zero-order valence-electron chi connectivity index (χ0n) is 17.9. The lowest BCUT2D eigenvalue weighted by Gasteiger charge is -2.33. The molecule has 9 heteroatoms. The lowest BCUT2D eigenvalue weighted by atomic mass is 10.0. The third-order valence-electron chi connectivity index (χ3n) is 6.06. The number of amidine groups is 1. The van der Waals surface area contributed by atoms with Gasteiger partial charge in [0.05, 0.1) is 29.3 Å². The Morgan fingerprint density at radius 3 is 2.73 bits per heavy atom. The van der Waals surface area contributed by atoms with Crippen LogP contribution < -0.4 is 21.7 Å². The zero-order valence-corrected chi connectivity index (χ0v) is 18.7. The molecule has 0 spiro atoms. The second kappa shape index (κ2) is 7.80. The fourth-order valence-electron chi connectivity index (χ4n) is 4.29. The van der Waals surface area contributed by atoms with Gasteiger partial charge in [0, 0.05) is 52.9 Å². The lowest BCUT2D eigenvalue weighted by molar-refractivity contribution is 0.122. The first-order valence-electron chi connectivity index (χ1n) is 10.8. The van der Waals surface area contributed by atoms with Crippen molar-refractivity contribution >= 4 is 39.6 Å². The topological polar surface area (TPSA) is 115 Å². The van der Waals surface area contributed by atoms with E-state index in [0.29, 0.717) is 19.0 Å². The van der Waals surface area contributed by atoms with Crippen molar-refractivity contribution in [3.63, 3.8) is 0 Å². The number of nitrogens with two attached hydrogens (primary N) is 2. The minimum Gasteiger partial charge on any atom is -0.383 e. The summed E-state index contributed by atoms with van der Waals surface area (Å²) >= 11 is 1.54. The molecule has 4 aromatic rings. The van der Waals surface area contributed by atoms with E-state index in [0.717, 1.165) is 57.1 Å². The number of aromatic nitrogens is 2. The first kappa shape index (κ1) is 20.1. The number of hydrogen-bond acceptors (Lipinski definition) is 9. The molecule has 3 aromatic heterocycles. The molecule has 0 bridgehead atoms. The molecule has 8 nitrogen and oxygen atoms in total. The highest BCUT2D eigenvalue weighted by Gasteiger charge is 2.35.